The standard InChI is InChI=1S/C25H28O13/c1-32-12-6-14(34-3)13(33-2)5-10(12)11-9-36-15-7-16(24(35-4)21(29)18(15)19(11)27)37-25-23(31)22(30)20(28)17(8-26)38-25/h5-7,9,17,20,22-23,25-26,28-31H,8H2,1-4H3/t17?,20-,22?,23?,25-/m1/s1. The van der Waals surface area contributed by atoms with Gasteiger partial charge in [0.25, 0.3) is 0 Å². The minimum Gasteiger partial charge on any atom is -0.504 e. The minimum absolute atomic E-state index is 0.0373. The van der Waals surface area contributed by atoms with Crippen LogP contribution in [0.25, 0.3) is 22.1 Å². The van der Waals surface area contributed by atoms with Gasteiger partial charge in [0, 0.05) is 17.7 Å². The molecule has 0 saturated carbocycles. The van der Waals surface area contributed by atoms with Gasteiger partial charge in [0.1, 0.15) is 47.4 Å². The highest BCUT2D eigenvalue weighted by molar-refractivity contribution is 5.92. The molecule has 4 rings (SSSR count). The molecule has 2 aromatic carbocycles. The lowest BCUT2D eigenvalue weighted by Crippen LogP contribution is -2.60. The fourth-order valence-electron chi connectivity index (χ4n) is 4.23. The largest absolute Gasteiger partial charge is 0.504 e. The molecule has 0 radical (unpaired) electrons. The van der Waals surface area contributed by atoms with Crippen LogP contribution in [0, 0.1) is 0 Å². The summed E-state index contributed by atoms with van der Waals surface area (Å²) in [5.41, 5.74) is -0.390. The van der Waals surface area contributed by atoms with Gasteiger partial charge in [0.2, 0.25) is 17.5 Å². The lowest BCUT2D eigenvalue weighted by Gasteiger charge is -2.39. The van der Waals surface area contributed by atoms with Gasteiger partial charge in [-0.2, -0.15) is 0 Å². The van der Waals surface area contributed by atoms with Crippen LogP contribution in [-0.2, 0) is 4.74 Å². The van der Waals surface area contributed by atoms with Gasteiger partial charge in [-0.1, -0.05) is 0 Å². The number of aromatic hydroxyl groups is 1. The average Bonchev–Trinajstić information content (AvgIpc) is 2.92. The van der Waals surface area contributed by atoms with Gasteiger partial charge in [-0.3, -0.25) is 4.79 Å². The van der Waals surface area contributed by atoms with Gasteiger partial charge < -0.3 is 58.4 Å². The van der Waals surface area contributed by atoms with Crippen molar-refractivity contribution in [3.05, 3.63) is 34.7 Å². The summed E-state index contributed by atoms with van der Waals surface area (Å²) in [6.45, 7) is -0.665. The minimum atomic E-state index is -1.72. The second-order valence-electron chi connectivity index (χ2n) is 8.33. The van der Waals surface area contributed by atoms with Crippen molar-refractivity contribution in [2.45, 2.75) is 30.7 Å². The summed E-state index contributed by atoms with van der Waals surface area (Å²) in [7, 11) is 5.51. The second-order valence-corrected chi connectivity index (χ2v) is 8.33. The van der Waals surface area contributed by atoms with E-state index in [0.29, 0.717) is 17.1 Å². The van der Waals surface area contributed by atoms with Crippen molar-refractivity contribution in [3.8, 4) is 45.6 Å². The number of methoxy groups -OCH3 is 4. The van der Waals surface area contributed by atoms with Crippen molar-refractivity contribution in [2.75, 3.05) is 35.0 Å². The lowest BCUT2D eigenvalue weighted by atomic mass is 9.99. The predicted octanol–water partition coefficient (Wildman–Crippen LogP) is 0.379. The molecular formula is C25H28O13. The molecule has 13 heteroatoms. The van der Waals surface area contributed by atoms with Crippen LogP contribution in [0.2, 0.25) is 0 Å². The molecule has 1 aliphatic rings. The first-order chi connectivity index (χ1) is 18.2. The first kappa shape index (κ1) is 27.3. The highest BCUT2D eigenvalue weighted by atomic mass is 16.7. The van der Waals surface area contributed by atoms with Crippen LogP contribution < -0.4 is 29.1 Å². The molecule has 5 N–H and O–H groups in total. The summed E-state index contributed by atoms with van der Waals surface area (Å²) in [6, 6.07) is 4.29. The van der Waals surface area contributed by atoms with Crippen LogP contribution >= 0.6 is 0 Å². The number of phenolic OH excluding ortho intramolecular Hbond substituents is 1. The topological polar surface area (TPSA) is 187 Å². The Balaban J connectivity index is 1.82. The molecule has 2 heterocycles. The Morgan fingerprint density at radius 3 is 2.08 bits per heavy atom. The van der Waals surface area contributed by atoms with Crippen LogP contribution in [0.4, 0.5) is 0 Å². The van der Waals surface area contributed by atoms with E-state index in [-0.39, 0.29) is 33.8 Å². The second kappa shape index (κ2) is 10.9. The van der Waals surface area contributed by atoms with Crippen LogP contribution in [0.5, 0.6) is 34.5 Å². The number of hydrogen-bond donors (Lipinski definition) is 5. The van der Waals surface area contributed by atoms with Gasteiger partial charge in [-0.05, 0) is 6.07 Å². The Hall–Kier alpha value is -3.75. The molecule has 38 heavy (non-hydrogen) atoms. The van der Waals surface area contributed by atoms with Crippen LogP contribution in [-0.4, -0.2) is 91.3 Å². The Kier molecular flexibility index (Phi) is 7.85. The molecule has 3 unspecified atom stereocenters. The molecular weight excluding hydrogens is 508 g/mol. The fourth-order valence-corrected chi connectivity index (χ4v) is 4.23. The monoisotopic (exact) mass is 536 g/mol. The summed E-state index contributed by atoms with van der Waals surface area (Å²) in [6.07, 6.45) is -6.64. The van der Waals surface area contributed by atoms with Crippen LogP contribution in [0.15, 0.2) is 33.7 Å². The van der Waals surface area contributed by atoms with Gasteiger partial charge >= 0.3 is 0 Å². The molecule has 5 atom stereocenters. The molecule has 13 nitrogen and oxygen atoms in total. The van der Waals surface area contributed by atoms with Crippen molar-refractivity contribution in [1.82, 2.24) is 0 Å². The highest BCUT2D eigenvalue weighted by Crippen LogP contribution is 2.44. The molecule has 1 aromatic heterocycles. The van der Waals surface area contributed by atoms with Gasteiger partial charge in [0.15, 0.2) is 23.0 Å². The Labute approximate surface area is 215 Å². The zero-order valence-corrected chi connectivity index (χ0v) is 20.9. The molecule has 1 fully saturated rings. The van der Waals surface area contributed by atoms with E-state index in [1.807, 2.05) is 0 Å². The Bertz CT molecular complexity index is 1370. The number of aliphatic hydroxyl groups excluding tert-OH is 4. The molecule has 3 aromatic rings. The molecule has 0 bridgehead atoms. The van der Waals surface area contributed by atoms with Crippen molar-refractivity contribution < 1.29 is 58.4 Å². The zero-order valence-electron chi connectivity index (χ0n) is 20.9. The third-order valence-corrected chi connectivity index (χ3v) is 6.25. The predicted molar refractivity (Wildman–Crippen MR) is 130 cm³/mol. The van der Waals surface area contributed by atoms with E-state index in [2.05, 4.69) is 0 Å². The molecule has 0 amide bonds. The number of benzene rings is 2. The van der Waals surface area contributed by atoms with E-state index in [9.17, 15) is 30.3 Å². The van der Waals surface area contributed by atoms with Crippen LogP contribution in [0.3, 0.4) is 0 Å². The molecule has 0 spiro atoms. The lowest BCUT2D eigenvalue weighted by molar-refractivity contribution is -0.277. The van der Waals surface area contributed by atoms with Crippen molar-refractivity contribution >= 4 is 11.0 Å². The summed E-state index contributed by atoms with van der Waals surface area (Å²) in [5.74, 6) is -0.145. The van der Waals surface area contributed by atoms with Crippen molar-refractivity contribution in [3.63, 3.8) is 0 Å². The summed E-state index contributed by atoms with van der Waals surface area (Å²) >= 11 is 0. The molecule has 206 valence electrons. The third-order valence-electron chi connectivity index (χ3n) is 6.25. The highest BCUT2D eigenvalue weighted by Gasteiger charge is 2.45. The number of phenols is 1. The van der Waals surface area contributed by atoms with E-state index in [0.717, 1.165) is 6.26 Å². The molecule has 1 aliphatic heterocycles. The maximum absolute atomic E-state index is 13.6. The SMILES string of the molecule is COc1cc(OC)c(-c2coc3cc(O[C@@H]4OC(CO)[C@@H](O)C(O)C4O)c(OC)c(O)c3c2=O)cc1OC. The number of fused-ring (bicyclic) bond motifs is 1. The number of ether oxygens (including phenoxy) is 6. The van der Waals surface area contributed by atoms with E-state index in [4.69, 9.17) is 32.8 Å². The summed E-state index contributed by atoms with van der Waals surface area (Å²) < 4.78 is 37.9. The van der Waals surface area contributed by atoms with Crippen molar-refractivity contribution in [2.24, 2.45) is 0 Å². The van der Waals surface area contributed by atoms with Crippen LogP contribution in [0.1, 0.15) is 0 Å². The van der Waals surface area contributed by atoms with E-state index >= 15 is 0 Å². The third kappa shape index (κ3) is 4.54. The maximum Gasteiger partial charge on any atom is 0.229 e. The fraction of sp³-hybridized carbons (Fsp3) is 0.400. The Morgan fingerprint density at radius 1 is 0.816 bits per heavy atom. The molecule has 0 aliphatic carbocycles. The number of rotatable bonds is 8. The Morgan fingerprint density at radius 2 is 1.47 bits per heavy atom. The number of aliphatic hydroxyl groups is 4. The van der Waals surface area contributed by atoms with Gasteiger partial charge in [-0.15, -0.1) is 0 Å². The van der Waals surface area contributed by atoms with Gasteiger partial charge in [0.05, 0.1) is 40.6 Å². The smallest absolute Gasteiger partial charge is 0.229 e. The first-order valence-electron chi connectivity index (χ1n) is 11.3. The van der Waals surface area contributed by atoms with E-state index in [1.165, 1.54) is 46.6 Å². The van der Waals surface area contributed by atoms with E-state index in [1.54, 1.807) is 0 Å². The summed E-state index contributed by atoms with van der Waals surface area (Å²) in [4.78, 5) is 13.6. The maximum atomic E-state index is 13.6. The molecule has 1 saturated heterocycles. The first-order valence-corrected chi connectivity index (χ1v) is 11.3. The summed E-state index contributed by atoms with van der Waals surface area (Å²) in [5, 5.41) is 50.5. The van der Waals surface area contributed by atoms with Crippen molar-refractivity contribution in [1.29, 1.82) is 0 Å². The number of hydrogen-bond acceptors (Lipinski definition) is 13. The quantitative estimate of drug-likeness (QED) is 0.266. The normalized spacial score (nSPS) is 23.2. The zero-order chi connectivity index (χ0) is 27.7. The van der Waals surface area contributed by atoms with Gasteiger partial charge in [-0.25, -0.2) is 0 Å². The average molecular weight is 536 g/mol. The van der Waals surface area contributed by atoms with E-state index < -0.39 is 48.5 Å².